The highest BCUT2D eigenvalue weighted by Crippen LogP contribution is 2.36. The Kier molecular flexibility index (Phi) is 6.79. The van der Waals surface area contributed by atoms with E-state index in [0.29, 0.717) is 29.8 Å². The molecule has 2 aromatic heterocycles. The van der Waals surface area contributed by atoms with Gasteiger partial charge in [-0.2, -0.15) is 10.5 Å². The number of nitriles is 2. The molecule has 2 saturated heterocycles. The van der Waals surface area contributed by atoms with Gasteiger partial charge in [0.25, 0.3) is 0 Å². The quantitative estimate of drug-likeness (QED) is 0.338. The van der Waals surface area contributed by atoms with Gasteiger partial charge in [0, 0.05) is 44.2 Å². The zero-order valence-electron chi connectivity index (χ0n) is 22.0. The summed E-state index contributed by atoms with van der Waals surface area (Å²) < 4.78 is 37.7. The van der Waals surface area contributed by atoms with E-state index in [0.717, 1.165) is 43.6 Å². The van der Waals surface area contributed by atoms with Crippen molar-refractivity contribution < 1.29 is 13.5 Å². The van der Waals surface area contributed by atoms with E-state index in [2.05, 4.69) is 16.0 Å². The fourth-order valence-electron chi connectivity index (χ4n) is 5.74. The molecule has 0 N–H and O–H groups in total. The van der Waals surface area contributed by atoms with Gasteiger partial charge >= 0.3 is 0 Å². The fourth-order valence-corrected chi connectivity index (χ4v) is 5.74. The van der Waals surface area contributed by atoms with Gasteiger partial charge in [-0.15, -0.1) is 0 Å². The van der Waals surface area contributed by atoms with E-state index in [9.17, 15) is 14.9 Å². The van der Waals surface area contributed by atoms with Crippen molar-refractivity contribution in [3.63, 3.8) is 0 Å². The van der Waals surface area contributed by atoms with Gasteiger partial charge < -0.3 is 14.5 Å². The Morgan fingerprint density at radius 3 is 2.58 bits per heavy atom. The molecule has 2 aliphatic rings. The summed E-state index contributed by atoms with van der Waals surface area (Å²) in [6, 6.07) is 15.0. The molecular formula is C30H27F2N7O. The van der Waals surface area contributed by atoms with E-state index in [1.54, 1.807) is 30.0 Å². The number of hydrogen-bond donors (Lipinski definition) is 0. The second kappa shape index (κ2) is 10.6. The SMILES string of the molecule is COC1CCN(c2ccc(-n3c(-c4ccc(C#N)c(F)c4)nc4c(N5CCCCC5C#N)ccnc43)c(F)c2)C1. The number of pyridine rings is 1. The Labute approximate surface area is 230 Å². The minimum atomic E-state index is -0.690. The van der Waals surface area contributed by atoms with Crippen molar-refractivity contribution in [3.05, 3.63) is 65.9 Å². The molecular weight excluding hydrogens is 512 g/mol. The van der Waals surface area contributed by atoms with Gasteiger partial charge in [0.2, 0.25) is 0 Å². The molecule has 8 nitrogen and oxygen atoms in total. The van der Waals surface area contributed by atoms with Gasteiger partial charge in [-0.1, -0.05) is 0 Å². The molecule has 2 fully saturated rings. The maximum atomic E-state index is 15.9. The normalized spacial score (nSPS) is 19.1. The van der Waals surface area contributed by atoms with Crippen molar-refractivity contribution in [3.8, 4) is 29.2 Å². The molecule has 0 aliphatic carbocycles. The number of methoxy groups -OCH3 is 1. The second-order valence-electron chi connectivity index (χ2n) is 10.1. The fraction of sp³-hybridized carbons (Fsp3) is 0.333. The number of rotatable bonds is 5. The van der Waals surface area contributed by atoms with Gasteiger partial charge in [0.05, 0.1) is 29.1 Å². The number of halogens is 2. The molecule has 0 saturated carbocycles. The van der Waals surface area contributed by atoms with Crippen LogP contribution in [0.5, 0.6) is 0 Å². The van der Waals surface area contributed by atoms with Crippen molar-refractivity contribution in [1.82, 2.24) is 14.5 Å². The third-order valence-corrected chi connectivity index (χ3v) is 7.85. The zero-order valence-corrected chi connectivity index (χ0v) is 22.0. The molecule has 202 valence electrons. The van der Waals surface area contributed by atoms with Gasteiger partial charge in [0.15, 0.2) is 5.65 Å². The third kappa shape index (κ3) is 4.41. The summed E-state index contributed by atoms with van der Waals surface area (Å²) >= 11 is 0. The van der Waals surface area contributed by atoms with Crippen molar-refractivity contribution in [2.45, 2.75) is 37.8 Å². The van der Waals surface area contributed by atoms with Crippen LogP contribution in [0.4, 0.5) is 20.2 Å². The smallest absolute Gasteiger partial charge is 0.167 e. The van der Waals surface area contributed by atoms with Crippen molar-refractivity contribution in [2.24, 2.45) is 0 Å². The highest BCUT2D eigenvalue weighted by Gasteiger charge is 2.28. The standard InChI is InChI=1S/C30H27F2N7O/c1-40-23-10-13-37(18-23)21-7-8-26(25(32)15-21)39-29(19-5-6-20(16-33)24(31)14-19)36-28-27(9-11-35-30(28)39)38-12-3-2-4-22(38)17-34/h5-9,11,14-15,22-23H,2-4,10,12-13,18H2,1H3. The lowest BCUT2D eigenvalue weighted by atomic mass is 10.0. The molecule has 2 atom stereocenters. The van der Waals surface area contributed by atoms with Crippen LogP contribution in [0.15, 0.2) is 48.7 Å². The van der Waals surface area contributed by atoms with Crippen molar-refractivity contribution >= 4 is 22.5 Å². The molecule has 0 radical (unpaired) electrons. The number of piperidine rings is 1. The zero-order chi connectivity index (χ0) is 27.8. The first-order valence-electron chi connectivity index (χ1n) is 13.3. The van der Waals surface area contributed by atoms with Crippen LogP contribution < -0.4 is 9.80 Å². The Bertz CT molecular complexity index is 1670. The average molecular weight is 540 g/mol. The van der Waals surface area contributed by atoms with E-state index >= 15 is 4.39 Å². The number of aromatic nitrogens is 3. The molecule has 6 rings (SSSR count). The largest absolute Gasteiger partial charge is 0.380 e. The maximum Gasteiger partial charge on any atom is 0.167 e. The molecule has 0 bridgehead atoms. The summed E-state index contributed by atoms with van der Waals surface area (Å²) in [7, 11) is 1.68. The van der Waals surface area contributed by atoms with Crippen LogP contribution in [0.3, 0.4) is 0 Å². The Hall–Kier alpha value is -4.54. The molecule has 0 amide bonds. The molecule has 2 aliphatic heterocycles. The summed E-state index contributed by atoms with van der Waals surface area (Å²) in [6.07, 6.45) is 5.25. The molecule has 10 heteroatoms. The van der Waals surface area contributed by atoms with Crippen LogP contribution in [0.1, 0.15) is 31.2 Å². The number of benzene rings is 2. The number of ether oxygens (including phenoxy) is 1. The predicted octanol–water partition coefficient (Wildman–Crippen LogP) is 5.34. The Morgan fingerprint density at radius 2 is 1.85 bits per heavy atom. The van der Waals surface area contributed by atoms with Crippen LogP contribution >= 0.6 is 0 Å². The van der Waals surface area contributed by atoms with E-state index in [1.807, 2.05) is 23.1 Å². The summed E-state index contributed by atoms with van der Waals surface area (Å²) in [5.74, 6) is -0.880. The number of fused-ring (bicyclic) bond motifs is 1. The minimum absolute atomic E-state index is 0.0917. The number of anilines is 2. The van der Waals surface area contributed by atoms with Crippen LogP contribution in [0.2, 0.25) is 0 Å². The van der Waals surface area contributed by atoms with Crippen molar-refractivity contribution in [2.75, 3.05) is 36.5 Å². The number of nitrogens with zero attached hydrogens (tertiary/aromatic N) is 7. The topological polar surface area (TPSA) is 94.0 Å². The maximum absolute atomic E-state index is 15.9. The van der Waals surface area contributed by atoms with Crippen LogP contribution in [0, 0.1) is 34.3 Å². The van der Waals surface area contributed by atoms with E-state index in [4.69, 9.17) is 9.72 Å². The van der Waals surface area contributed by atoms with Crippen LogP contribution in [0.25, 0.3) is 28.2 Å². The Morgan fingerprint density at radius 1 is 0.975 bits per heavy atom. The Balaban J connectivity index is 1.53. The average Bonchev–Trinajstić information content (AvgIpc) is 3.62. The molecule has 2 unspecified atom stereocenters. The number of hydrogen-bond acceptors (Lipinski definition) is 7. The molecule has 0 spiro atoms. The number of imidazole rings is 1. The van der Waals surface area contributed by atoms with Gasteiger partial charge in [-0.3, -0.25) is 4.57 Å². The molecule has 4 heterocycles. The first-order chi connectivity index (χ1) is 19.5. The van der Waals surface area contributed by atoms with E-state index < -0.39 is 11.6 Å². The van der Waals surface area contributed by atoms with Crippen molar-refractivity contribution in [1.29, 1.82) is 10.5 Å². The summed E-state index contributed by atoms with van der Waals surface area (Å²) in [6.45, 7) is 2.13. The monoisotopic (exact) mass is 539 g/mol. The summed E-state index contributed by atoms with van der Waals surface area (Å²) in [5.41, 5.74) is 2.86. The minimum Gasteiger partial charge on any atom is -0.380 e. The third-order valence-electron chi connectivity index (χ3n) is 7.85. The second-order valence-corrected chi connectivity index (χ2v) is 10.1. The van der Waals surface area contributed by atoms with Gasteiger partial charge in [-0.25, -0.2) is 18.7 Å². The highest BCUT2D eigenvalue weighted by atomic mass is 19.1. The molecule has 2 aromatic carbocycles. The molecule has 40 heavy (non-hydrogen) atoms. The van der Waals surface area contributed by atoms with E-state index in [1.165, 1.54) is 18.2 Å². The predicted molar refractivity (Wildman–Crippen MR) is 147 cm³/mol. The van der Waals surface area contributed by atoms with Crippen LogP contribution in [-0.2, 0) is 4.74 Å². The highest BCUT2D eigenvalue weighted by molar-refractivity contribution is 5.91. The van der Waals surface area contributed by atoms with Gasteiger partial charge in [-0.05, 0) is 68.1 Å². The lowest BCUT2D eigenvalue weighted by Crippen LogP contribution is -2.38. The lowest BCUT2D eigenvalue weighted by Gasteiger charge is -2.33. The van der Waals surface area contributed by atoms with Gasteiger partial charge in [0.1, 0.15) is 35.1 Å². The lowest BCUT2D eigenvalue weighted by molar-refractivity contribution is 0.121. The summed E-state index contributed by atoms with van der Waals surface area (Å²) in [4.78, 5) is 13.6. The first kappa shape index (κ1) is 25.7. The van der Waals surface area contributed by atoms with E-state index in [-0.39, 0.29) is 29.2 Å². The molecule has 4 aromatic rings. The summed E-state index contributed by atoms with van der Waals surface area (Å²) in [5, 5.41) is 19.0. The van der Waals surface area contributed by atoms with Crippen LogP contribution in [-0.4, -0.2) is 53.4 Å². The first-order valence-corrected chi connectivity index (χ1v) is 13.3.